The van der Waals surface area contributed by atoms with Crippen molar-refractivity contribution < 1.29 is 14.3 Å². The molecule has 0 bridgehead atoms. The molecule has 1 aromatic carbocycles. The smallest absolute Gasteiger partial charge is 0.254 e. The highest BCUT2D eigenvalue weighted by atomic mass is 32.1. The monoisotopic (exact) mass is 344 g/mol. The average molecular weight is 344 g/mol. The topological polar surface area (TPSA) is 51.7 Å². The number of fused-ring (bicyclic) bond motifs is 1. The van der Waals surface area contributed by atoms with Crippen LogP contribution in [0.4, 0.5) is 0 Å². The number of aromatic nitrogens is 1. The van der Waals surface area contributed by atoms with Crippen molar-refractivity contribution in [3.8, 4) is 11.5 Å². The van der Waals surface area contributed by atoms with Crippen LogP contribution in [0.25, 0.3) is 0 Å². The Morgan fingerprint density at radius 2 is 2.12 bits per heavy atom. The lowest BCUT2D eigenvalue weighted by Crippen LogP contribution is -2.39. The summed E-state index contributed by atoms with van der Waals surface area (Å²) in [6, 6.07) is 5.45. The molecule has 2 aromatic rings. The first-order valence-corrected chi connectivity index (χ1v) is 9.13. The molecule has 2 aliphatic heterocycles. The van der Waals surface area contributed by atoms with E-state index in [0.29, 0.717) is 36.2 Å². The molecule has 126 valence electrons. The molecule has 1 aromatic heterocycles. The molecule has 0 aliphatic carbocycles. The van der Waals surface area contributed by atoms with Crippen LogP contribution in [-0.4, -0.2) is 42.1 Å². The molecule has 24 heavy (non-hydrogen) atoms. The lowest BCUT2D eigenvalue weighted by atomic mass is 9.98. The van der Waals surface area contributed by atoms with Gasteiger partial charge in [0.1, 0.15) is 13.2 Å². The van der Waals surface area contributed by atoms with E-state index in [1.807, 2.05) is 23.2 Å². The van der Waals surface area contributed by atoms with E-state index in [0.717, 1.165) is 30.9 Å². The standard InChI is InChI=1S/C18H20N2O3S/c1-12-10-19-17(24-12)14-3-2-6-20(11-14)18(21)13-4-5-15-16(9-13)23-8-7-22-15/h4-5,9-10,14H,2-3,6-8,11H2,1H3. The molecule has 0 saturated carbocycles. The minimum absolute atomic E-state index is 0.0601. The molecular weight excluding hydrogens is 324 g/mol. The van der Waals surface area contributed by atoms with Gasteiger partial charge in [-0.1, -0.05) is 0 Å². The summed E-state index contributed by atoms with van der Waals surface area (Å²) in [5.41, 5.74) is 0.662. The van der Waals surface area contributed by atoms with Gasteiger partial charge in [0.2, 0.25) is 0 Å². The largest absolute Gasteiger partial charge is 0.486 e. The molecular formula is C18H20N2O3S. The van der Waals surface area contributed by atoms with E-state index in [2.05, 4.69) is 11.9 Å². The number of thiazole rings is 1. The van der Waals surface area contributed by atoms with Crippen LogP contribution >= 0.6 is 11.3 Å². The van der Waals surface area contributed by atoms with Crippen LogP contribution in [0, 0.1) is 6.92 Å². The van der Waals surface area contributed by atoms with Crippen LogP contribution in [0.5, 0.6) is 11.5 Å². The maximum atomic E-state index is 12.9. The number of carbonyl (C=O) groups is 1. The van der Waals surface area contributed by atoms with Crippen LogP contribution in [0.1, 0.15) is 39.0 Å². The molecule has 6 heteroatoms. The van der Waals surface area contributed by atoms with Gasteiger partial charge in [0.05, 0.1) is 5.01 Å². The fourth-order valence-electron chi connectivity index (χ4n) is 3.28. The summed E-state index contributed by atoms with van der Waals surface area (Å²) in [5, 5.41) is 1.15. The van der Waals surface area contributed by atoms with E-state index >= 15 is 0 Å². The second-order valence-electron chi connectivity index (χ2n) is 6.26. The molecule has 4 rings (SSSR count). The van der Waals surface area contributed by atoms with E-state index < -0.39 is 0 Å². The van der Waals surface area contributed by atoms with Gasteiger partial charge in [-0.25, -0.2) is 4.98 Å². The second-order valence-corrected chi connectivity index (χ2v) is 7.52. The number of benzene rings is 1. The lowest BCUT2D eigenvalue weighted by Gasteiger charge is -2.32. The van der Waals surface area contributed by atoms with Crippen LogP contribution < -0.4 is 9.47 Å². The number of nitrogens with zero attached hydrogens (tertiary/aromatic N) is 2. The molecule has 0 radical (unpaired) electrons. The molecule has 1 amide bonds. The number of rotatable bonds is 2. The number of ether oxygens (including phenoxy) is 2. The van der Waals surface area contributed by atoms with Gasteiger partial charge in [0.25, 0.3) is 5.91 Å². The fraction of sp³-hybridized carbons (Fsp3) is 0.444. The van der Waals surface area contributed by atoms with Crippen molar-refractivity contribution in [2.24, 2.45) is 0 Å². The van der Waals surface area contributed by atoms with Gasteiger partial charge in [-0.05, 0) is 38.0 Å². The number of aryl methyl sites for hydroxylation is 1. The van der Waals surface area contributed by atoms with Gasteiger partial charge in [-0.15, -0.1) is 11.3 Å². The highest BCUT2D eigenvalue weighted by molar-refractivity contribution is 7.11. The Bertz CT molecular complexity index is 758. The van der Waals surface area contributed by atoms with Crippen molar-refractivity contribution >= 4 is 17.2 Å². The first-order valence-electron chi connectivity index (χ1n) is 8.32. The summed E-state index contributed by atoms with van der Waals surface area (Å²) in [6.07, 6.45) is 4.03. The first kappa shape index (κ1) is 15.4. The Balaban J connectivity index is 1.51. The van der Waals surface area contributed by atoms with E-state index in [-0.39, 0.29) is 5.91 Å². The zero-order valence-electron chi connectivity index (χ0n) is 13.7. The predicted molar refractivity (Wildman–Crippen MR) is 92.2 cm³/mol. The van der Waals surface area contributed by atoms with Crippen LogP contribution in [0.3, 0.4) is 0 Å². The van der Waals surface area contributed by atoms with Crippen LogP contribution in [-0.2, 0) is 0 Å². The summed E-state index contributed by atoms with van der Waals surface area (Å²) >= 11 is 1.74. The zero-order chi connectivity index (χ0) is 16.5. The van der Waals surface area contributed by atoms with Gasteiger partial charge >= 0.3 is 0 Å². The Morgan fingerprint density at radius 3 is 2.92 bits per heavy atom. The third-order valence-corrected chi connectivity index (χ3v) is 5.56. The third kappa shape index (κ3) is 2.98. The molecule has 1 saturated heterocycles. The van der Waals surface area contributed by atoms with Crippen molar-refractivity contribution in [2.45, 2.75) is 25.7 Å². The summed E-state index contributed by atoms with van der Waals surface area (Å²) < 4.78 is 11.1. The zero-order valence-corrected chi connectivity index (χ0v) is 14.5. The summed E-state index contributed by atoms with van der Waals surface area (Å²) in [7, 11) is 0. The molecule has 1 unspecified atom stereocenters. The van der Waals surface area contributed by atoms with E-state index in [9.17, 15) is 4.79 Å². The maximum absolute atomic E-state index is 12.9. The SMILES string of the molecule is Cc1cnc(C2CCCN(C(=O)c3ccc4c(c3)OCCO4)C2)s1. The third-order valence-electron chi connectivity index (χ3n) is 4.49. The minimum atomic E-state index is 0.0601. The van der Waals surface area contributed by atoms with Crippen LogP contribution in [0.15, 0.2) is 24.4 Å². The molecule has 0 spiro atoms. The minimum Gasteiger partial charge on any atom is -0.486 e. The highest BCUT2D eigenvalue weighted by Crippen LogP contribution is 2.33. The van der Waals surface area contributed by atoms with Crippen molar-refractivity contribution in [3.63, 3.8) is 0 Å². The number of hydrogen-bond donors (Lipinski definition) is 0. The number of amides is 1. The fourth-order valence-corrected chi connectivity index (χ4v) is 4.18. The van der Waals surface area contributed by atoms with Crippen molar-refractivity contribution in [3.05, 3.63) is 39.8 Å². The summed E-state index contributed by atoms with van der Waals surface area (Å²) in [5.74, 6) is 1.78. The molecule has 3 heterocycles. The molecule has 5 nitrogen and oxygen atoms in total. The summed E-state index contributed by atoms with van der Waals surface area (Å²) in [4.78, 5) is 20.6. The highest BCUT2D eigenvalue weighted by Gasteiger charge is 2.27. The number of piperidine rings is 1. The number of likely N-dealkylation sites (tertiary alicyclic amines) is 1. The Morgan fingerprint density at radius 1 is 1.29 bits per heavy atom. The average Bonchev–Trinajstić information content (AvgIpc) is 3.07. The lowest BCUT2D eigenvalue weighted by molar-refractivity contribution is 0.0706. The van der Waals surface area contributed by atoms with E-state index in [1.165, 1.54) is 4.88 Å². The van der Waals surface area contributed by atoms with Crippen LogP contribution in [0.2, 0.25) is 0 Å². The molecule has 1 atom stereocenters. The maximum Gasteiger partial charge on any atom is 0.254 e. The predicted octanol–water partition coefficient (Wildman–Crippen LogP) is 3.24. The molecule has 2 aliphatic rings. The number of carbonyl (C=O) groups excluding carboxylic acids is 1. The van der Waals surface area contributed by atoms with Crippen molar-refractivity contribution in [2.75, 3.05) is 26.3 Å². The quantitative estimate of drug-likeness (QED) is 0.839. The van der Waals surface area contributed by atoms with E-state index in [4.69, 9.17) is 9.47 Å². The Hall–Kier alpha value is -2.08. The van der Waals surface area contributed by atoms with Gasteiger partial charge in [0.15, 0.2) is 11.5 Å². The number of hydrogen-bond acceptors (Lipinski definition) is 5. The van der Waals surface area contributed by atoms with E-state index in [1.54, 1.807) is 17.4 Å². The normalized spacial score (nSPS) is 20.0. The second kappa shape index (κ2) is 6.43. The van der Waals surface area contributed by atoms with Crippen molar-refractivity contribution in [1.29, 1.82) is 0 Å². The van der Waals surface area contributed by atoms with Gasteiger partial charge < -0.3 is 14.4 Å². The Labute approximate surface area is 145 Å². The van der Waals surface area contributed by atoms with Gasteiger partial charge in [0, 0.05) is 35.6 Å². The van der Waals surface area contributed by atoms with Gasteiger partial charge in [-0.3, -0.25) is 4.79 Å². The molecule has 1 fully saturated rings. The first-order chi connectivity index (χ1) is 11.7. The summed E-state index contributed by atoms with van der Waals surface area (Å²) in [6.45, 7) is 4.69. The Kier molecular flexibility index (Phi) is 4.14. The van der Waals surface area contributed by atoms with Crippen molar-refractivity contribution in [1.82, 2.24) is 9.88 Å². The molecule has 0 N–H and O–H groups in total. The van der Waals surface area contributed by atoms with Gasteiger partial charge in [-0.2, -0.15) is 0 Å².